The van der Waals surface area contributed by atoms with Crippen molar-refractivity contribution in [1.29, 1.82) is 0 Å². The maximum absolute atomic E-state index is 11.2. The standard InChI is InChI=1S/C10H12O2S/c1-7-4-5-8(10(11)12-2)6-9(7)13-3/h4-6H,1-3H3. The summed E-state index contributed by atoms with van der Waals surface area (Å²) in [6.07, 6.45) is 1.99. The predicted octanol–water partition coefficient (Wildman–Crippen LogP) is 2.50. The molecule has 1 aromatic rings. The fourth-order valence-electron chi connectivity index (χ4n) is 1.06. The van der Waals surface area contributed by atoms with E-state index in [9.17, 15) is 4.79 Å². The number of ether oxygens (including phenoxy) is 1. The summed E-state index contributed by atoms with van der Waals surface area (Å²) in [6, 6.07) is 5.56. The number of methoxy groups -OCH3 is 1. The molecule has 0 heterocycles. The molecule has 1 aromatic carbocycles. The van der Waals surface area contributed by atoms with Gasteiger partial charge in [0.1, 0.15) is 0 Å². The summed E-state index contributed by atoms with van der Waals surface area (Å²) in [7, 11) is 1.39. The lowest BCUT2D eigenvalue weighted by Crippen LogP contribution is -2.01. The molecule has 0 saturated carbocycles. The molecule has 70 valence electrons. The van der Waals surface area contributed by atoms with Crippen molar-refractivity contribution in [2.75, 3.05) is 13.4 Å². The summed E-state index contributed by atoms with van der Waals surface area (Å²) in [5.74, 6) is -0.282. The molecule has 0 atom stereocenters. The summed E-state index contributed by atoms with van der Waals surface area (Å²) in [5.41, 5.74) is 1.79. The molecule has 0 aliphatic heterocycles. The first-order valence-corrected chi connectivity index (χ1v) is 5.14. The Kier molecular flexibility index (Phi) is 3.37. The number of thioether (sulfide) groups is 1. The van der Waals surface area contributed by atoms with Gasteiger partial charge in [-0.3, -0.25) is 0 Å². The van der Waals surface area contributed by atoms with E-state index in [2.05, 4.69) is 4.74 Å². The van der Waals surface area contributed by atoms with Crippen LogP contribution in [0.3, 0.4) is 0 Å². The van der Waals surface area contributed by atoms with E-state index in [1.54, 1.807) is 17.8 Å². The topological polar surface area (TPSA) is 26.3 Å². The minimum Gasteiger partial charge on any atom is -0.465 e. The van der Waals surface area contributed by atoms with Crippen LogP contribution in [0.25, 0.3) is 0 Å². The molecule has 13 heavy (non-hydrogen) atoms. The van der Waals surface area contributed by atoms with Gasteiger partial charge in [0.05, 0.1) is 12.7 Å². The Hall–Kier alpha value is -0.960. The molecule has 0 saturated heterocycles. The normalized spacial score (nSPS) is 9.77. The third-order valence-electron chi connectivity index (χ3n) is 1.83. The minimum atomic E-state index is -0.282. The van der Waals surface area contributed by atoms with E-state index >= 15 is 0 Å². The lowest BCUT2D eigenvalue weighted by Gasteiger charge is -2.04. The van der Waals surface area contributed by atoms with Gasteiger partial charge in [0, 0.05) is 4.90 Å². The number of carbonyl (C=O) groups is 1. The maximum atomic E-state index is 11.2. The average Bonchev–Trinajstić information content (AvgIpc) is 2.17. The second-order valence-corrected chi connectivity index (χ2v) is 3.52. The third-order valence-corrected chi connectivity index (χ3v) is 2.71. The van der Waals surface area contributed by atoms with Gasteiger partial charge >= 0.3 is 5.97 Å². The number of benzene rings is 1. The number of aryl methyl sites for hydroxylation is 1. The van der Waals surface area contributed by atoms with Gasteiger partial charge in [0.25, 0.3) is 0 Å². The summed E-state index contributed by atoms with van der Waals surface area (Å²) in [4.78, 5) is 12.3. The van der Waals surface area contributed by atoms with Gasteiger partial charge in [-0.1, -0.05) is 6.07 Å². The number of hydrogen-bond acceptors (Lipinski definition) is 3. The fraction of sp³-hybridized carbons (Fsp3) is 0.300. The Labute approximate surface area is 82.3 Å². The minimum absolute atomic E-state index is 0.282. The molecule has 0 bridgehead atoms. The molecule has 0 fully saturated rings. The van der Waals surface area contributed by atoms with Crippen LogP contribution in [0.1, 0.15) is 15.9 Å². The highest BCUT2D eigenvalue weighted by molar-refractivity contribution is 7.98. The van der Waals surface area contributed by atoms with E-state index in [0.717, 1.165) is 4.90 Å². The van der Waals surface area contributed by atoms with E-state index < -0.39 is 0 Å². The van der Waals surface area contributed by atoms with Gasteiger partial charge < -0.3 is 4.74 Å². The first-order valence-electron chi connectivity index (χ1n) is 3.92. The molecule has 0 unspecified atom stereocenters. The van der Waals surface area contributed by atoms with Crippen LogP contribution in [-0.4, -0.2) is 19.3 Å². The van der Waals surface area contributed by atoms with E-state index in [4.69, 9.17) is 0 Å². The quantitative estimate of drug-likeness (QED) is 0.537. The molecule has 0 aromatic heterocycles. The van der Waals surface area contributed by atoms with E-state index in [1.165, 1.54) is 12.7 Å². The first kappa shape index (κ1) is 10.1. The van der Waals surface area contributed by atoms with Gasteiger partial charge in [-0.15, -0.1) is 11.8 Å². The highest BCUT2D eigenvalue weighted by atomic mass is 32.2. The molecule has 0 aliphatic rings. The Morgan fingerprint density at radius 3 is 2.69 bits per heavy atom. The van der Waals surface area contributed by atoms with Crippen LogP contribution >= 0.6 is 11.8 Å². The van der Waals surface area contributed by atoms with Crippen molar-refractivity contribution < 1.29 is 9.53 Å². The van der Waals surface area contributed by atoms with Crippen molar-refractivity contribution in [3.63, 3.8) is 0 Å². The number of carbonyl (C=O) groups excluding carboxylic acids is 1. The van der Waals surface area contributed by atoms with Crippen LogP contribution in [-0.2, 0) is 4.74 Å². The lowest BCUT2D eigenvalue weighted by atomic mass is 10.1. The Balaban J connectivity index is 3.06. The Morgan fingerprint density at radius 1 is 1.46 bits per heavy atom. The number of rotatable bonds is 2. The van der Waals surface area contributed by atoms with E-state index in [0.29, 0.717) is 5.56 Å². The van der Waals surface area contributed by atoms with Gasteiger partial charge in [-0.25, -0.2) is 4.79 Å². The van der Waals surface area contributed by atoms with Crippen LogP contribution in [0.15, 0.2) is 23.1 Å². The maximum Gasteiger partial charge on any atom is 0.337 e. The summed E-state index contributed by atoms with van der Waals surface area (Å²) in [6.45, 7) is 2.02. The lowest BCUT2D eigenvalue weighted by molar-refractivity contribution is 0.0600. The van der Waals surface area contributed by atoms with E-state index in [-0.39, 0.29) is 5.97 Å². The summed E-state index contributed by atoms with van der Waals surface area (Å²) in [5, 5.41) is 0. The van der Waals surface area contributed by atoms with Gasteiger partial charge in [-0.05, 0) is 30.9 Å². The SMILES string of the molecule is COC(=O)c1ccc(C)c(SC)c1. The van der Waals surface area contributed by atoms with Crippen LogP contribution in [0.5, 0.6) is 0 Å². The smallest absolute Gasteiger partial charge is 0.337 e. The molecular weight excluding hydrogens is 184 g/mol. The largest absolute Gasteiger partial charge is 0.465 e. The second kappa shape index (κ2) is 4.33. The molecule has 3 heteroatoms. The summed E-state index contributed by atoms with van der Waals surface area (Å²) < 4.78 is 4.63. The van der Waals surface area contributed by atoms with Crippen molar-refractivity contribution in [2.45, 2.75) is 11.8 Å². The zero-order valence-electron chi connectivity index (χ0n) is 7.96. The van der Waals surface area contributed by atoms with Gasteiger partial charge in [-0.2, -0.15) is 0 Å². The second-order valence-electron chi connectivity index (χ2n) is 2.68. The van der Waals surface area contributed by atoms with Crippen LogP contribution in [0.2, 0.25) is 0 Å². The Morgan fingerprint density at radius 2 is 2.15 bits per heavy atom. The van der Waals surface area contributed by atoms with Crippen LogP contribution in [0, 0.1) is 6.92 Å². The molecular formula is C10H12O2S. The van der Waals surface area contributed by atoms with Crippen LogP contribution < -0.4 is 0 Å². The molecule has 0 amide bonds. The monoisotopic (exact) mass is 196 g/mol. The van der Waals surface area contributed by atoms with Crippen molar-refractivity contribution >= 4 is 17.7 Å². The zero-order chi connectivity index (χ0) is 9.84. The fourth-order valence-corrected chi connectivity index (χ4v) is 1.70. The van der Waals surface area contributed by atoms with E-state index in [1.807, 2.05) is 25.3 Å². The van der Waals surface area contributed by atoms with Crippen molar-refractivity contribution in [3.05, 3.63) is 29.3 Å². The molecule has 0 radical (unpaired) electrons. The van der Waals surface area contributed by atoms with Crippen molar-refractivity contribution in [2.24, 2.45) is 0 Å². The molecule has 2 nitrogen and oxygen atoms in total. The zero-order valence-corrected chi connectivity index (χ0v) is 8.77. The van der Waals surface area contributed by atoms with Crippen LogP contribution in [0.4, 0.5) is 0 Å². The molecule has 0 aliphatic carbocycles. The highest BCUT2D eigenvalue weighted by Crippen LogP contribution is 2.21. The molecule has 0 N–H and O–H groups in total. The Bertz CT molecular complexity index is 321. The molecule has 0 spiro atoms. The number of esters is 1. The first-order chi connectivity index (χ1) is 6.19. The highest BCUT2D eigenvalue weighted by Gasteiger charge is 2.06. The van der Waals surface area contributed by atoms with Gasteiger partial charge in [0.15, 0.2) is 0 Å². The summed E-state index contributed by atoms with van der Waals surface area (Å²) >= 11 is 1.63. The third kappa shape index (κ3) is 2.25. The molecule has 1 rings (SSSR count). The number of hydrogen-bond donors (Lipinski definition) is 0. The average molecular weight is 196 g/mol. The van der Waals surface area contributed by atoms with Crippen molar-refractivity contribution in [1.82, 2.24) is 0 Å². The van der Waals surface area contributed by atoms with Gasteiger partial charge in [0.2, 0.25) is 0 Å². The predicted molar refractivity (Wildman–Crippen MR) is 54.3 cm³/mol. The van der Waals surface area contributed by atoms with Crippen molar-refractivity contribution in [3.8, 4) is 0 Å².